The molecule has 0 saturated heterocycles. The Morgan fingerprint density at radius 2 is 2.00 bits per heavy atom. The molecule has 50 valence electrons. The zero-order valence-corrected chi connectivity index (χ0v) is 5.46. The minimum absolute atomic E-state index is 0. The van der Waals surface area contributed by atoms with E-state index < -0.39 is 6.17 Å². The first-order valence-electron chi connectivity index (χ1n) is 2.70. The first-order chi connectivity index (χ1) is 3.30. The monoisotopic (exact) mass is 139 g/mol. The predicted molar refractivity (Wildman–Crippen MR) is 34.0 cm³/mol. The molecule has 1 rings (SSSR count). The van der Waals surface area contributed by atoms with Crippen LogP contribution in [0.4, 0.5) is 4.39 Å². The van der Waals surface area contributed by atoms with Gasteiger partial charge in [-0.3, -0.25) is 0 Å². The van der Waals surface area contributed by atoms with Gasteiger partial charge in [-0.2, -0.15) is 0 Å². The Balaban J connectivity index is 0.000000490. The van der Waals surface area contributed by atoms with Crippen LogP contribution in [-0.4, -0.2) is 12.2 Å². The van der Waals surface area contributed by atoms with E-state index >= 15 is 0 Å². The summed E-state index contributed by atoms with van der Waals surface area (Å²) in [5, 5.41) is 0. The standard InChI is InChI=1S/C5H10FN.ClH/c6-4-2-1-3-5(4)7;/h4-5H,1-3,7H2;1H/t4-,5+;/m1./s1. The van der Waals surface area contributed by atoms with Crippen LogP contribution in [0.1, 0.15) is 19.3 Å². The largest absolute Gasteiger partial charge is 0.325 e. The summed E-state index contributed by atoms with van der Waals surface area (Å²) in [7, 11) is 0. The van der Waals surface area contributed by atoms with Crippen LogP contribution in [-0.2, 0) is 0 Å². The third kappa shape index (κ3) is 1.60. The van der Waals surface area contributed by atoms with Crippen LogP contribution in [0, 0.1) is 0 Å². The average Bonchev–Trinajstić information content (AvgIpc) is 1.91. The molecule has 0 aromatic heterocycles. The second kappa shape index (κ2) is 3.25. The van der Waals surface area contributed by atoms with Gasteiger partial charge in [-0.1, -0.05) is 0 Å². The summed E-state index contributed by atoms with van der Waals surface area (Å²) in [6.07, 6.45) is 1.82. The maximum atomic E-state index is 12.2. The molecule has 0 bridgehead atoms. The van der Waals surface area contributed by atoms with Crippen molar-refractivity contribution in [3.05, 3.63) is 0 Å². The maximum absolute atomic E-state index is 12.2. The van der Waals surface area contributed by atoms with Crippen LogP contribution < -0.4 is 5.73 Å². The number of nitrogens with two attached hydrogens (primary N) is 1. The Morgan fingerprint density at radius 1 is 1.38 bits per heavy atom. The lowest BCUT2D eigenvalue weighted by molar-refractivity contribution is 0.312. The van der Waals surface area contributed by atoms with Crippen molar-refractivity contribution in [3.8, 4) is 0 Å². The van der Waals surface area contributed by atoms with Crippen molar-refractivity contribution in [2.75, 3.05) is 0 Å². The molecule has 0 aromatic carbocycles. The summed E-state index contributed by atoms with van der Waals surface area (Å²) >= 11 is 0. The first-order valence-corrected chi connectivity index (χ1v) is 2.70. The van der Waals surface area contributed by atoms with Gasteiger partial charge in [0.05, 0.1) is 0 Å². The Hall–Kier alpha value is 0.180. The number of alkyl halides is 1. The van der Waals surface area contributed by atoms with Gasteiger partial charge in [0.15, 0.2) is 0 Å². The summed E-state index contributed by atoms with van der Waals surface area (Å²) in [6.45, 7) is 0. The number of halogens is 2. The van der Waals surface area contributed by atoms with Crippen LogP contribution in [0.5, 0.6) is 0 Å². The lowest BCUT2D eigenvalue weighted by Crippen LogP contribution is -2.24. The van der Waals surface area contributed by atoms with Crippen molar-refractivity contribution in [1.29, 1.82) is 0 Å². The molecular weight excluding hydrogens is 129 g/mol. The zero-order valence-electron chi connectivity index (χ0n) is 4.64. The SMILES string of the molecule is Cl.N[C@H]1CCC[C@H]1F. The molecular formula is C5H11ClFN. The van der Waals surface area contributed by atoms with Crippen molar-refractivity contribution >= 4 is 12.4 Å². The minimum Gasteiger partial charge on any atom is -0.325 e. The molecule has 1 fully saturated rings. The summed E-state index contributed by atoms with van der Waals surface area (Å²) in [4.78, 5) is 0. The molecule has 0 radical (unpaired) electrons. The Kier molecular flexibility index (Phi) is 3.33. The van der Waals surface area contributed by atoms with E-state index in [0.29, 0.717) is 6.42 Å². The fourth-order valence-corrected chi connectivity index (χ4v) is 0.943. The molecule has 1 nitrogen and oxygen atoms in total. The van der Waals surface area contributed by atoms with Gasteiger partial charge >= 0.3 is 0 Å². The quantitative estimate of drug-likeness (QED) is 0.537. The Labute approximate surface area is 54.9 Å². The summed E-state index contributed by atoms with van der Waals surface area (Å²) in [6, 6.07) is -0.153. The highest BCUT2D eigenvalue weighted by Crippen LogP contribution is 2.19. The van der Waals surface area contributed by atoms with E-state index in [4.69, 9.17) is 5.73 Å². The fourth-order valence-electron chi connectivity index (χ4n) is 0.943. The van der Waals surface area contributed by atoms with Gasteiger partial charge in [0.2, 0.25) is 0 Å². The summed E-state index contributed by atoms with van der Waals surface area (Å²) in [5.74, 6) is 0. The first kappa shape index (κ1) is 8.18. The molecule has 1 aliphatic carbocycles. The normalized spacial score (nSPS) is 36.8. The summed E-state index contributed by atoms with van der Waals surface area (Å²) < 4.78 is 12.2. The van der Waals surface area contributed by atoms with Crippen molar-refractivity contribution in [3.63, 3.8) is 0 Å². The molecule has 0 aromatic rings. The molecule has 0 heterocycles. The van der Waals surface area contributed by atoms with Crippen molar-refractivity contribution in [2.45, 2.75) is 31.5 Å². The van der Waals surface area contributed by atoms with Crippen molar-refractivity contribution < 1.29 is 4.39 Å². The van der Waals surface area contributed by atoms with Gasteiger partial charge in [0.25, 0.3) is 0 Å². The van der Waals surface area contributed by atoms with E-state index in [1.165, 1.54) is 0 Å². The molecule has 3 heteroatoms. The molecule has 1 saturated carbocycles. The van der Waals surface area contributed by atoms with Gasteiger partial charge in [-0.15, -0.1) is 12.4 Å². The van der Waals surface area contributed by atoms with E-state index in [0.717, 1.165) is 12.8 Å². The molecule has 2 N–H and O–H groups in total. The number of hydrogen-bond donors (Lipinski definition) is 1. The molecule has 8 heavy (non-hydrogen) atoms. The van der Waals surface area contributed by atoms with E-state index in [1.54, 1.807) is 0 Å². The van der Waals surface area contributed by atoms with Crippen LogP contribution >= 0.6 is 12.4 Å². The lowest BCUT2D eigenvalue weighted by atomic mass is 10.2. The van der Waals surface area contributed by atoms with Gasteiger partial charge in [0.1, 0.15) is 6.17 Å². The van der Waals surface area contributed by atoms with Gasteiger partial charge < -0.3 is 5.73 Å². The molecule has 0 spiro atoms. The van der Waals surface area contributed by atoms with E-state index in [-0.39, 0.29) is 18.4 Å². The van der Waals surface area contributed by atoms with E-state index in [2.05, 4.69) is 0 Å². The highest BCUT2D eigenvalue weighted by Gasteiger charge is 2.22. The van der Waals surface area contributed by atoms with E-state index in [1.807, 2.05) is 0 Å². The summed E-state index contributed by atoms with van der Waals surface area (Å²) in [5.41, 5.74) is 5.30. The smallest absolute Gasteiger partial charge is 0.115 e. The minimum atomic E-state index is -0.708. The third-order valence-electron chi connectivity index (χ3n) is 1.48. The zero-order chi connectivity index (χ0) is 5.28. The highest BCUT2D eigenvalue weighted by atomic mass is 35.5. The molecule has 0 aliphatic heterocycles. The fraction of sp³-hybridized carbons (Fsp3) is 1.00. The Bertz CT molecular complexity index is 61.4. The highest BCUT2D eigenvalue weighted by molar-refractivity contribution is 5.85. The van der Waals surface area contributed by atoms with Crippen molar-refractivity contribution in [2.24, 2.45) is 5.73 Å². The third-order valence-corrected chi connectivity index (χ3v) is 1.48. The van der Waals surface area contributed by atoms with Crippen LogP contribution in [0.2, 0.25) is 0 Å². The second-order valence-electron chi connectivity index (χ2n) is 2.11. The van der Waals surface area contributed by atoms with Crippen LogP contribution in [0.25, 0.3) is 0 Å². The predicted octanol–water partition coefficient (Wildman–Crippen LogP) is 1.26. The van der Waals surface area contributed by atoms with Gasteiger partial charge in [-0.25, -0.2) is 4.39 Å². The van der Waals surface area contributed by atoms with Crippen LogP contribution in [0.15, 0.2) is 0 Å². The van der Waals surface area contributed by atoms with E-state index in [9.17, 15) is 4.39 Å². The molecule has 1 aliphatic rings. The average molecular weight is 140 g/mol. The number of hydrogen-bond acceptors (Lipinski definition) is 1. The number of rotatable bonds is 0. The molecule has 0 unspecified atom stereocenters. The lowest BCUT2D eigenvalue weighted by Gasteiger charge is -2.01. The Morgan fingerprint density at radius 3 is 2.12 bits per heavy atom. The van der Waals surface area contributed by atoms with Crippen molar-refractivity contribution in [1.82, 2.24) is 0 Å². The van der Waals surface area contributed by atoms with Gasteiger partial charge in [0, 0.05) is 6.04 Å². The van der Waals surface area contributed by atoms with Gasteiger partial charge in [-0.05, 0) is 19.3 Å². The maximum Gasteiger partial charge on any atom is 0.115 e. The topological polar surface area (TPSA) is 26.0 Å². The second-order valence-corrected chi connectivity index (χ2v) is 2.11. The molecule has 0 amide bonds. The molecule has 2 atom stereocenters. The van der Waals surface area contributed by atoms with Crippen LogP contribution in [0.3, 0.4) is 0 Å².